The lowest BCUT2D eigenvalue weighted by Gasteiger charge is -2.01. The summed E-state index contributed by atoms with van der Waals surface area (Å²) >= 11 is 0. The molecule has 3 nitrogen and oxygen atoms in total. The number of para-hydroxylation sites is 1. The number of nitrogens with zero attached hydrogens (tertiary/aromatic N) is 2. The van der Waals surface area contributed by atoms with Gasteiger partial charge in [-0.15, -0.1) is 0 Å². The summed E-state index contributed by atoms with van der Waals surface area (Å²) in [5.74, 6) is -0.477. The molecule has 0 bridgehead atoms. The summed E-state index contributed by atoms with van der Waals surface area (Å²) in [6.45, 7) is 1.42. The van der Waals surface area contributed by atoms with Gasteiger partial charge in [-0.25, -0.2) is 9.37 Å². The second-order valence-corrected chi connectivity index (χ2v) is 3.17. The van der Waals surface area contributed by atoms with Crippen molar-refractivity contribution in [1.29, 1.82) is 0 Å². The lowest BCUT2D eigenvalue weighted by atomic mass is 10.3. The highest BCUT2D eigenvalue weighted by Crippen LogP contribution is 2.12. The molecule has 0 amide bonds. The Kier molecular flexibility index (Phi) is 2.33. The quantitative estimate of drug-likeness (QED) is 0.703. The van der Waals surface area contributed by atoms with Crippen molar-refractivity contribution in [1.82, 2.24) is 9.55 Å². The van der Waals surface area contributed by atoms with Crippen LogP contribution in [0.15, 0.2) is 36.8 Å². The Balaban J connectivity index is 2.46. The molecule has 0 atom stereocenters. The minimum Gasteiger partial charge on any atom is -0.303 e. The molecule has 15 heavy (non-hydrogen) atoms. The molecular formula is C11H9FN2O. The number of rotatable bonds is 2. The number of halogens is 1. The van der Waals surface area contributed by atoms with Crippen LogP contribution in [-0.4, -0.2) is 15.3 Å². The van der Waals surface area contributed by atoms with Crippen molar-refractivity contribution in [3.05, 3.63) is 48.3 Å². The number of hydrogen-bond acceptors (Lipinski definition) is 2. The zero-order valence-corrected chi connectivity index (χ0v) is 8.14. The van der Waals surface area contributed by atoms with Crippen LogP contribution in [0, 0.1) is 5.82 Å². The second-order valence-electron chi connectivity index (χ2n) is 3.17. The van der Waals surface area contributed by atoms with Gasteiger partial charge >= 0.3 is 0 Å². The number of imidazole rings is 1. The monoisotopic (exact) mass is 204 g/mol. The smallest absolute Gasteiger partial charge is 0.179 e. The predicted molar refractivity (Wildman–Crippen MR) is 53.5 cm³/mol. The summed E-state index contributed by atoms with van der Waals surface area (Å²) in [5, 5.41) is 0. The zero-order chi connectivity index (χ0) is 10.8. The van der Waals surface area contributed by atoms with Gasteiger partial charge in [0.05, 0.1) is 5.69 Å². The summed E-state index contributed by atoms with van der Waals surface area (Å²) in [4.78, 5) is 14.9. The maximum atomic E-state index is 13.4. The third kappa shape index (κ3) is 1.79. The van der Waals surface area contributed by atoms with Gasteiger partial charge in [-0.05, 0) is 12.1 Å². The van der Waals surface area contributed by atoms with E-state index in [1.807, 2.05) is 0 Å². The Morgan fingerprint density at radius 3 is 2.73 bits per heavy atom. The highest BCUT2D eigenvalue weighted by atomic mass is 19.1. The van der Waals surface area contributed by atoms with Gasteiger partial charge < -0.3 is 4.57 Å². The number of ketones is 1. The number of benzene rings is 1. The molecule has 0 spiro atoms. The Bertz CT molecular complexity index is 505. The molecule has 0 saturated heterocycles. The number of carbonyl (C=O) groups excluding carboxylic acids is 1. The van der Waals surface area contributed by atoms with Crippen LogP contribution in [0.1, 0.15) is 17.4 Å². The highest BCUT2D eigenvalue weighted by Gasteiger charge is 2.07. The molecule has 0 N–H and O–H groups in total. The van der Waals surface area contributed by atoms with Gasteiger partial charge in [0.15, 0.2) is 5.78 Å². The molecule has 1 aromatic carbocycles. The van der Waals surface area contributed by atoms with E-state index in [1.165, 1.54) is 30.1 Å². The topological polar surface area (TPSA) is 34.9 Å². The van der Waals surface area contributed by atoms with Crippen LogP contribution in [0.5, 0.6) is 0 Å². The first-order valence-electron chi connectivity index (χ1n) is 4.48. The fraction of sp³-hybridized carbons (Fsp3) is 0.0909. The maximum absolute atomic E-state index is 13.4. The highest BCUT2D eigenvalue weighted by molar-refractivity contribution is 5.91. The number of Topliss-reactive ketones (excluding diaryl/α,β-unsaturated/α-hetero) is 1. The number of hydrogen-bond donors (Lipinski definition) is 0. The van der Waals surface area contributed by atoms with Gasteiger partial charge in [-0.3, -0.25) is 4.79 Å². The zero-order valence-electron chi connectivity index (χ0n) is 8.14. The molecule has 0 radical (unpaired) electrons. The molecule has 0 aliphatic carbocycles. The number of carbonyl (C=O) groups is 1. The SMILES string of the molecule is CC(=O)c1cn(-c2ccccc2F)cn1. The van der Waals surface area contributed by atoms with Crippen LogP contribution in [0.4, 0.5) is 4.39 Å². The largest absolute Gasteiger partial charge is 0.303 e. The summed E-state index contributed by atoms with van der Waals surface area (Å²) in [6.07, 6.45) is 2.94. The van der Waals surface area contributed by atoms with Crippen molar-refractivity contribution in [3.8, 4) is 5.69 Å². The molecule has 0 saturated carbocycles. The normalized spacial score (nSPS) is 10.3. The minimum absolute atomic E-state index is 0.134. The predicted octanol–water partition coefficient (Wildman–Crippen LogP) is 2.21. The van der Waals surface area contributed by atoms with Crippen LogP contribution in [0.25, 0.3) is 5.69 Å². The first-order valence-corrected chi connectivity index (χ1v) is 4.48. The molecule has 0 aliphatic rings. The molecule has 2 aromatic rings. The fourth-order valence-electron chi connectivity index (χ4n) is 1.30. The molecular weight excluding hydrogens is 195 g/mol. The van der Waals surface area contributed by atoms with Crippen molar-refractivity contribution < 1.29 is 9.18 Å². The Labute approximate surface area is 86.2 Å². The molecule has 1 aromatic heterocycles. The fourth-order valence-corrected chi connectivity index (χ4v) is 1.30. The van der Waals surface area contributed by atoms with Crippen LogP contribution in [0.3, 0.4) is 0 Å². The van der Waals surface area contributed by atoms with Crippen LogP contribution >= 0.6 is 0 Å². The van der Waals surface area contributed by atoms with Crippen molar-refractivity contribution in [2.45, 2.75) is 6.92 Å². The van der Waals surface area contributed by atoms with Crippen molar-refractivity contribution in [2.75, 3.05) is 0 Å². The third-order valence-corrected chi connectivity index (χ3v) is 2.07. The van der Waals surface area contributed by atoms with Gasteiger partial charge in [0.2, 0.25) is 0 Å². The van der Waals surface area contributed by atoms with Crippen molar-refractivity contribution in [3.63, 3.8) is 0 Å². The van der Waals surface area contributed by atoms with E-state index < -0.39 is 0 Å². The van der Waals surface area contributed by atoms with Gasteiger partial charge in [0.1, 0.15) is 17.8 Å². The van der Waals surface area contributed by atoms with E-state index in [9.17, 15) is 9.18 Å². The summed E-state index contributed by atoms with van der Waals surface area (Å²) < 4.78 is 14.8. The Morgan fingerprint density at radius 2 is 2.13 bits per heavy atom. The van der Waals surface area contributed by atoms with E-state index >= 15 is 0 Å². The lowest BCUT2D eigenvalue weighted by Crippen LogP contribution is -1.94. The van der Waals surface area contributed by atoms with Crippen molar-refractivity contribution in [2.24, 2.45) is 0 Å². The van der Waals surface area contributed by atoms with E-state index in [2.05, 4.69) is 4.98 Å². The first-order chi connectivity index (χ1) is 7.18. The van der Waals surface area contributed by atoms with Crippen LogP contribution < -0.4 is 0 Å². The average Bonchev–Trinajstić information content (AvgIpc) is 2.67. The summed E-state index contributed by atoms with van der Waals surface area (Å²) in [7, 11) is 0. The van der Waals surface area contributed by atoms with E-state index in [4.69, 9.17) is 0 Å². The molecule has 0 aliphatic heterocycles. The molecule has 4 heteroatoms. The first kappa shape index (κ1) is 9.58. The molecule has 76 valence electrons. The van der Waals surface area contributed by atoms with E-state index in [0.29, 0.717) is 11.4 Å². The molecule has 2 rings (SSSR count). The van der Waals surface area contributed by atoms with Gasteiger partial charge in [-0.2, -0.15) is 0 Å². The van der Waals surface area contributed by atoms with Crippen LogP contribution in [-0.2, 0) is 0 Å². The minimum atomic E-state index is -0.343. The molecule has 0 fully saturated rings. The van der Waals surface area contributed by atoms with E-state index in [1.54, 1.807) is 18.2 Å². The Hall–Kier alpha value is -1.97. The summed E-state index contributed by atoms with van der Waals surface area (Å²) in [6, 6.07) is 6.33. The molecule has 0 unspecified atom stereocenters. The standard InChI is InChI=1S/C11H9FN2O/c1-8(15)10-6-14(7-13-10)11-5-3-2-4-9(11)12/h2-7H,1H3. The number of aromatic nitrogens is 2. The Morgan fingerprint density at radius 1 is 1.40 bits per heavy atom. The molecule has 1 heterocycles. The van der Waals surface area contributed by atoms with Gasteiger partial charge in [0.25, 0.3) is 0 Å². The summed E-state index contributed by atoms with van der Waals surface area (Å²) in [5.41, 5.74) is 0.718. The second kappa shape index (κ2) is 3.65. The van der Waals surface area contributed by atoms with E-state index in [-0.39, 0.29) is 11.6 Å². The van der Waals surface area contributed by atoms with E-state index in [0.717, 1.165) is 0 Å². The van der Waals surface area contributed by atoms with Gasteiger partial charge in [0, 0.05) is 13.1 Å². The average molecular weight is 204 g/mol. The van der Waals surface area contributed by atoms with Crippen molar-refractivity contribution >= 4 is 5.78 Å². The third-order valence-electron chi connectivity index (χ3n) is 2.07. The van der Waals surface area contributed by atoms with Gasteiger partial charge in [-0.1, -0.05) is 12.1 Å². The maximum Gasteiger partial charge on any atom is 0.179 e. The van der Waals surface area contributed by atoms with Crippen LogP contribution in [0.2, 0.25) is 0 Å². The lowest BCUT2D eigenvalue weighted by molar-refractivity contribution is 0.101.